The summed E-state index contributed by atoms with van der Waals surface area (Å²) < 4.78 is 2.11. The molecule has 0 spiro atoms. The molecule has 0 aliphatic rings. The SMILES string of the molecule is Cc1ccc(-n2c(C)cc(/C=C(\C#N)C(=O)Nc3ccc(C)c(Cl)c3)c2C)cc1. The maximum absolute atomic E-state index is 12.6. The molecule has 0 fully saturated rings. The number of hydrogen-bond acceptors (Lipinski definition) is 2. The number of aryl methyl sites for hydroxylation is 3. The summed E-state index contributed by atoms with van der Waals surface area (Å²) in [7, 11) is 0. The van der Waals surface area contributed by atoms with Crippen LogP contribution in [0.1, 0.15) is 28.1 Å². The van der Waals surface area contributed by atoms with Crippen LogP contribution in [0.3, 0.4) is 0 Å². The van der Waals surface area contributed by atoms with Crippen molar-refractivity contribution in [2.24, 2.45) is 0 Å². The first-order valence-electron chi connectivity index (χ1n) is 9.25. The molecule has 1 aromatic heterocycles. The Bertz CT molecular complexity index is 1150. The fourth-order valence-electron chi connectivity index (χ4n) is 3.20. The van der Waals surface area contributed by atoms with Crippen LogP contribution in [-0.2, 0) is 4.79 Å². The number of aromatic nitrogens is 1. The van der Waals surface area contributed by atoms with Gasteiger partial charge in [-0.05, 0) is 75.2 Å². The van der Waals surface area contributed by atoms with E-state index < -0.39 is 5.91 Å². The maximum atomic E-state index is 12.6. The van der Waals surface area contributed by atoms with Gasteiger partial charge in [-0.3, -0.25) is 4.79 Å². The first-order chi connectivity index (χ1) is 13.8. The van der Waals surface area contributed by atoms with Gasteiger partial charge < -0.3 is 9.88 Å². The van der Waals surface area contributed by atoms with E-state index in [1.54, 1.807) is 18.2 Å². The van der Waals surface area contributed by atoms with Crippen LogP contribution in [0.25, 0.3) is 11.8 Å². The lowest BCUT2D eigenvalue weighted by molar-refractivity contribution is -0.112. The van der Waals surface area contributed by atoms with Gasteiger partial charge in [-0.25, -0.2) is 0 Å². The number of nitrogens with one attached hydrogen (secondary N) is 1. The number of amides is 1. The second-order valence-corrected chi connectivity index (χ2v) is 7.49. The van der Waals surface area contributed by atoms with Crippen molar-refractivity contribution in [2.45, 2.75) is 27.7 Å². The molecule has 0 saturated heterocycles. The minimum absolute atomic E-state index is 0.0332. The minimum atomic E-state index is -0.465. The van der Waals surface area contributed by atoms with Crippen molar-refractivity contribution in [2.75, 3.05) is 5.32 Å². The molecule has 0 radical (unpaired) electrons. The standard InChI is InChI=1S/C24H22ClN3O/c1-15-5-9-22(10-6-15)28-17(3)11-19(18(28)4)12-20(14-26)24(29)27-21-8-7-16(2)23(25)13-21/h5-13H,1-4H3,(H,27,29)/b20-12+. The van der Waals surface area contributed by atoms with Crippen LogP contribution >= 0.6 is 11.6 Å². The highest BCUT2D eigenvalue weighted by Crippen LogP contribution is 2.24. The third-order valence-corrected chi connectivity index (χ3v) is 5.26. The Hall–Kier alpha value is -3.29. The Morgan fingerprint density at radius 2 is 1.76 bits per heavy atom. The predicted molar refractivity (Wildman–Crippen MR) is 118 cm³/mol. The highest BCUT2D eigenvalue weighted by Gasteiger charge is 2.14. The average molecular weight is 404 g/mol. The van der Waals surface area contributed by atoms with Crippen molar-refractivity contribution < 1.29 is 4.79 Å². The van der Waals surface area contributed by atoms with Gasteiger partial charge in [0.15, 0.2) is 0 Å². The van der Waals surface area contributed by atoms with Gasteiger partial charge >= 0.3 is 0 Å². The van der Waals surface area contributed by atoms with Gasteiger partial charge in [-0.2, -0.15) is 5.26 Å². The van der Waals surface area contributed by atoms with E-state index in [2.05, 4.69) is 34.1 Å². The van der Waals surface area contributed by atoms with Crippen molar-refractivity contribution in [3.05, 3.63) is 87.2 Å². The van der Waals surface area contributed by atoms with Gasteiger partial charge in [-0.1, -0.05) is 35.4 Å². The molecule has 4 nitrogen and oxygen atoms in total. The number of hydrogen-bond donors (Lipinski definition) is 1. The highest BCUT2D eigenvalue weighted by atomic mass is 35.5. The van der Waals surface area contributed by atoms with Crippen LogP contribution in [0.4, 0.5) is 5.69 Å². The Labute approximate surface area is 176 Å². The molecule has 1 amide bonds. The molecule has 3 rings (SSSR count). The first-order valence-corrected chi connectivity index (χ1v) is 9.63. The van der Waals surface area contributed by atoms with Crippen LogP contribution in [0.2, 0.25) is 5.02 Å². The molecule has 5 heteroatoms. The van der Waals surface area contributed by atoms with Crippen molar-refractivity contribution in [1.29, 1.82) is 5.26 Å². The number of carbonyl (C=O) groups is 1. The third-order valence-electron chi connectivity index (χ3n) is 4.86. The third kappa shape index (κ3) is 4.42. The van der Waals surface area contributed by atoms with Gasteiger partial charge in [0.1, 0.15) is 11.6 Å². The van der Waals surface area contributed by atoms with E-state index in [1.807, 2.05) is 45.9 Å². The number of nitrogens with zero attached hydrogens (tertiary/aromatic N) is 2. The van der Waals surface area contributed by atoms with Crippen molar-refractivity contribution in [1.82, 2.24) is 4.57 Å². The number of halogens is 1. The van der Waals surface area contributed by atoms with E-state index >= 15 is 0 Å². The normalized spacial score (nSPS) is 11.2. The maximum Gasteiger partial charge on any atom is 0.266 e. The quantitative estimate of drug-likeness (QED) is 0.434. The summed E-state index contributed by atoms with van der Waals surface area (Å²) in [4.78, 5) is 12.6. The van der Waals surface area contributed by atoms with Crippen molar-refractivity contribution in [3.8, 4) is 11.8 Å². The molecule has 146 valence electrons. The average Bonchev–Trinajstić information content (AvgIpc) is 2.96. The largest absolute Gasteiger partial charge is 0.321 e. The summed E-state index contributed by atoms with van der Waals surface area (Å²) in [5.74, 6) is -0.465. The number of carbonyl (C=O) groups excluding carboxylic acids is 1. The van der Waals surface area contributed by atoms with Crippen LogP contribution in [0.15, 0.2) is 54.1 Å². The van der Waals surface area contributed by atoms with Gasteiger partial charge in [0.25, 0.3) is 5.91 Å². The molecule has 3 aromatic rings. The Morgan fingerprint density at radius 3 is 2.38 bits per heavy atom. The van der Waals surface area contributed by atoms with Crippen molar-refractivity contribution in [3.63, 3.8) is 0 Å². The zero-order valence-corrected chi connectivity index (χ0v) is 17.6. The molecule has 0 aliphatic heterocycles. The van der Waals surface area contributed by atoms with Crippen LogP contribution in [0, 0.1) is 39.0 Å². The smallest absolute Gasteiger partial charge is 0.266 e. The number of nitriles is 1. The zero-order chi connectivity index (χ0) is 21.1. The lowest BCUT2D eigenvalue weighted by Gasteiger charge is -2.10. The number of rotatable bonds is 4. The molecule has 1 N–H and O–H groups in total. The summed E-state index contributed by atoms with van der Waals surface area (Å²) >= 11 is 6.12. The molecule has 0 unspecified atom stereocenters. The summed E-state index contributed by atoms with van der Waals surface area (Å²) in [5, 5.41) is 12.8. The summed E-state index contributed by atoms with van der Waals surface area (Å²) in [6.45, 7) is 7.92. The van der Waals surface area contributed by atoms with Crippen LogP contribution < -0.4 is 5.32 Å². The van der Waals surface area contributed by atoms with Gasteiger partial charge in [-0.15, -0.1) is 0 Å². The van der Waals surface area contributed by atoms with E-state index in [-0.39, 0.29) is 5.57 Å². The lowest BCUT2D eigenvalue weighted by Crippen LogP contribution is -2.13. The fraction of sp³-hybridized carbons (Fsp3) is 0.167. The molecule has 0 bridgehead atoms. The van der Waals surface area contributed by atoms with E-state index in [1.165, 1.54) is 5.56 Å². The van der Waals surface area contributed by atoms with Crippen LogP contribution in [0.5, 0.6) is 0 Å². The second-order valence-electron chi connectivity index (χ2n) is 7.09. The molecule has 29 heavy (non-hydrogen) atoms. The monoisotopic (exact) mass is 403 g/mol. The second kappa shape index (κ2) is 8.38. The predicted octanol–water partition coefficient (Wildman–Crippen LogP) is 5.91. The highest BCUT2D eigenvalue weighted by molar-refractivity contribution is 6.31. The molecule has 2 aromatic carbocycles. The van der Waals surface area contributed by atoms with Gasteiger partial charge in [0.05, 0.1) is 0 Å². The molecule has 0 atom stereocenters. The lowest BCUT2D eigenvalue weighted by atomic mass is 10.1. The molecule has 0 saturated carbocycles. The summed E-state index contributed by atoms with van der Waals surface area (Å²) in [6, 6.07) is 17.5. The Balaban J connectivity index is 1.92. The van der Waals surface area contributed by atoms with Crippen molar-refractivity contribution >= 4 is 29.3 Å². The zero-order valence-electron chi connectivity index (χ0n) is 16.9. The molecule has 1 heterocycles. The topological polar surface area (TPSA) is 57.8 Å². The molecule has 0 aliphatic carbocycles. The molecular weight excluding hydrogens is 382 g/mol. The summed E-state index contributed by atoms with van der Waals surface area (Å²) in [6.07, 6.45) is 1.62. The number of anilines is 1. The van der Waals surface area contributed by atoms with E-state index in [4.69, 9.17) is 11.6 Å². The van der Waals surface area contributed by atoms with E-state index in [0.717, 1.165) is 28.2 Å². The van der Waals surface area contributed by atoms with Crippen LogP contribution in [-0.4, -0.2) is 10.5 Å². The summed E-state index contributed by atoms with van der Waals surface area (Å²) in [5.41, 5.74) is 6.56. The van der Waals surface area contributed by atoms with Gasteiger partial charge in [0.2, 0.25) is 0 Å². The first kappa shape index (κ1) is 20.4. The van der Waals surface area contributed by atoms with Gasteiger partial charge in [0, 0.05) is 27.8 Å². The number of benzene rings is 2. The Kier molecular flexibility index (Phi) is 5.91. The fourth-order valence-corrected chi connectivity index (χ4v) is 3.38. The minimum Gasteiger partial charge on any atom is -0.321 e. The molecular formula is C24H22ClN3O. The van der Waals surface area contributed by atoms with E-state index in [0.29, 0.717) is 10.7 Å². The Morgan fingerprint density at radius 1 is 1.07 bits per heavy atom. The van der Waals surface area contributed by atoms with E-state index in [9.17, 15) is 10.1 Å².